The van der Waals surface area contributed by atoms with Gasteiger partial charge in [-0.2, -0.15) is 4.98 Å². The van der Waals surface area contributed by atoms with Crippen molar-refractivity contribution in [3.8, 4) is 11.6 Å². The Bertz CT molecular complexity index is 736. The summed E-state index contributed by atoms with van der Waals surface area (Å²) in [6.07, 6.45) is 0. The fraction of sp³-hybridized carbons (Fsp3) is 0. The fourth-order valence-corrected chi connectivity index (χ4v) is 1.43. The molecule has 0 fully saturated rings. The van der Waals surface area contributed by atoms with Gasteiger partial charge in [0.1, 0.15) is 5.82 Å². The Morgan fingerprint density at radius 2 is 2.00 bits per heavy atom. The lowest BCUT2D eigenvalue weighted by Crippen LogP contribution is -2.04. The average Bonchev–Trinajstić information content (AvgIpc) is 2.41. The fourth-order valence-electron chi connectivity index (χ4n) is 1.43. The molecule has 108 valence electrons. The molecule has 0 unspecified atom stereocenters. The molecule has 0 atom stereocenters. The minimum Gasteiger partial charge on any atom is -0.477 e. The molecule has 0 radical (unpaired) electrons. The second kappa shape index (κ2) is 5.49. The Labute approximate surface area is 115 Å². The summed E-state index contributed by atoms with van der Waals surface area (Å²) >= 11 is 0. The van der Waals surface area contributed by atoms with E-state index in [2.05, 4.69) is 4.98 Å². The lowest BCUT2D eigenvalue weighted by atomic mass is 10.3. The molecule has 0 saturated carbocycles. The molecule has 0 spiro atoms. The minimum absolute atomic E-state index is 0.516. The molecule has 21 heavy (non-hydrogen) atoms. The first-order valence-corrected chi connectivity index (χ1v) is 5.40. The maximum absolute atomic E-state index is 13.4. The first-order chi connectivity index (χ1) is 9.88. The van der Waals surface area contributed by atoms with Crippen LogP contribution in [0.5, 0.6) is 11.6 Å². The van der Waals surface area contributed by atoms with Crippen molar-refractivity contribution in [2.45, 2.75) is 0 Å². The first-order valence-electron chi connectivity index (χ1n) is 5.40. The molecule has 1 aromatic carbocycles. The van der Waals surface area contributed by atoms with Crippen molar-refractivity contribution < 1.29 is 28.3 Å². The number of carboxylic acids is 1. The monoisotopic (exact) mass is 296 g/mol. The van der Waals surface area contributed by atoms with Crippen LogP contribution in [0.1, 0.15) is 10.5 Å². The molecule has 7 nitrogen and oxygen atoms in total. The summed E-state index contributed by atoms with van der Waals surface area (Å²) in [6.45, 7) is 0. The zero-order chi connectivity index (χ0) is 15.6. The molecule has 0 aliphatic rings. The highest BCUT2D eigenvalue weighted by atomic mass is 19.1. The summed E-state index contributed by atoms with van der Waals surface area (Å²) in [6, 6.07) is 4.08. The minimum atomic E-state index is -1.44. The molecular weight excluding hydrogens is 290 g/mol. The van der Waals surface area contributed by atoms with Gasteiger partial charge in [-0.3, -0.25) is 10.1 Å². The normalized spacial score (nSPS) is 10.2. The molecule has 1 aromatic heterocycles. The van der Waals surface area contributed by atoms with Gasteiger partial charge < -0.3 is 9.84 Å². The smallest absolute Gasteiger partial charge is 0.354 e. The van der Waals surface area contributed by atoms with Crippen molar-refractivity contribution in [1.29, 1.82) is 0 Å². The quantitative estimate of drug-likeness (QED) is 0.687. The van der Waals surface area contributed by atoms with Gasteiger partial charge in [-0.15, -0.1) is 0 Å². The summed E-state index contributed by atoms with van der Waals surface area (Å²) in [7, 11) is 0. The zero-order valence-electron chi connectivity index (χ0n) is 10.1. The SMILES string of the molecule is O=C(O)c1ccc([N+](=O)[O-])c(Oc2ccc(F)cc2F)n1. The second-order valence-electron chi connectivity index (χ2n) is 3.76. The van der Waals surface area contributed by atoms with Crippen LogP contribution in [-0.2, 0) is 0 Å². The van der Waals surface area contributed by atoms with E-state index in [1.165, 1.54) is 0 Å². The molecule has 1 N–H and O–H groups in total. The number of hydrogen-bond donors (Lipinski definition) is 1. The van der Waals surface area contributed by atoms with E-state index in [9.17, 15) is 23.7 Å². The molecule has 0 saturated heterocycles. The molecule has 0 amide bonds. The van der Waals surface area contributed by atoms with Crippen LogP contribution in [0.25, 0.3) is 0 Å². The molecule has 2 rings (SSSR count). The number of rotatable bonds is 4. The lowest BCUT2D eigenvalue weighted by Gasteiger charge is -2.07. The van der Waals surface area contributed by atoms with Crippen molar-refractivity contribution in [2.24, 2.45) is 0 Å². The highest BCUT2D eigenvalue weighted by Gasteiger charge is 2.21. The second-order valence-corrected chi connectivity index (χ2v) is 3.76. The molecule has 9 heteroatoms. The van der Waals surface area contributed by atoms with Crippen LogP contribution in [0.4, 0.5) is 14.5 Å². The third kappa shape index (κ3) is 3.08. The van der Waals surface area contributed by atoms with Crippen molar-refractivity contribution in [3.05, 3.63) is 57.8 Å². The maximum atomic E-state index is 13.4. The third-order valence-corrected chi connectivity index (χ3v) is 2.36. The molecule has 0 bridgehead atoms. The lowest BCUT2D eigenvalue weighted by molar-refractivity contribution is -0.386. The Morgan fingerprint density at radius 1 is 1.29 bits per heavy atom. The van der Waals surface area contributed by atoms with Gasteiger partial charge in [0.2, 0.25) is 0 Å². The van der Waals surface area contributed by atoms with E-state index in [4.69, 9.17) is 9.84 Å². The van der Waals surface area contributed by atoms with Crippen LogP contribution < -0.4 is 4.74 Å². The zero-order valence-corrected chi connectivity index (χ0v) is 10.1. The maximum Gasteiger partial charge on any atom is 0.354 e. The Morgan fingerprint density at radius 3 is 2.57 bits per heavy atom. The molecular formula is C12H6F2N2O5. The van der Waals surface area contributed by atoms with E-state index in [0.717, 1.165) is 24.3 Å². The summed E-state index contributed by atoms with van der Waals surface area (Å²) in [4.78, 5) is 24.2. The van der Waals surface area contributed by atoms with Crippen molar-refractivity contribution >= 4 is 11.7 Å². The van der Waals surface area contributed by atoms with E-state index < -0.39 is 45.5 Å². The summed E-state index contributed by atoms with van der Waals surface area (Å²) < 4.78 is 31.1. The van der Waals surface area contributed by atoms with E-state index in [0.29, 0.717) is 6.07 Å². The predicted molar refractivity (Wildman–Crippen MR) is 64.3 cm³/mol. The van der Waals surface area contributed by atoms with Crippen molar-refractivity contribution in [1.82, 2.24) is 4.98 Å². The van der Waals surface area contributed by atoms with Crippen LogP contribution in [-0.4, -0.2) is 21.0 Å². The van der Waals surface area contributed by atoms with Gasteiger partial charge in [-0.1, -0.05) is 0 Å². The number of benzene rings is 1. The van der Waals surface area contributed by atoms with E-state index in [1.54, 1.807) is 0 Å². The number of nitro groups is 1. The Hall–Kier alpha value is -3.10. The van der Waals surface area contributed by atoms with Gasteiger partial charge in [0.25, 0.3) is 0 Å². The van der Waals surface area contributed by atoms with Gasteiger partial charge in [0, 0.05) is 12.1 Å². The van der Waals surface area contributed by atoms with E-state index in [1.807, 2.05) is 0 Å². The van der Waals surface area contributed by atoms with E-state index >= 15 is 0 Å². The number of aromatic carboxylic acids is 1. The number of halogens is 2. The first kappa shape index (κ1) is 14.3. The summed E-state index contributed by atoms with van der Waals surface area (Å²) in [5.41, 5.74) is -1.16. The summed E-state index contributed by atoms with van der Waals surface area (Å²) in [5, 5.41) is 19.6. The number of aromatic nitrogens is 1. The predicted octanol–water partition coefficient (Wildman–Crippen LogP) is 2.76. The van der Waals surface area contributed by atoms with E-state index in [-0.39, 0.29) is 0 Å². The van der Waals surface area contributed by atoms with Crippen LogP contribution in [0.2, 0.25) is 0 Å². The summed E-state index contributed by atoms with van der Waals surface area (Å²) in [5.74, 6) is -4.62. The van der Waals surface area contributed by atoms with Crippen molar-refractivity contribution in [3.63, 3.8) is 0 Å². The Kier molecular flexibility index (Phi) is 3.74. The number of hydrogen-bond acceptors (Lipinski definition) is 5. The molecule has 1 heterocycles. The molecule has 2 aromatic rings. The molecule has 0 aliphatic heterocycles. The number of carboxylic acid groups (broad SMARTS) is 1. The van der Waals surface area contributed by atoms with Crippen LogP contribution >= 0.6 is 0 Å². The van der Waals surface area contributed by atoms with Crippen LogP contribution in [0, 0.1) is 21.7 Å². The van der Waals surface area contributed by atoms with Gasteiger partial charge in [0.05, 0.1) is 4.92 Å². The van der Waals surface area contributed by atoms with Gasteiger partial charge in [0.15, 0.2) is 17.3 Å². The van der Waals surface area contributed by atoms with Gasteiger partial charge >= 0.3 is 17.5 Å². The highest BCUT2D eigenvalue weighted by molar-refractivity contribution is 5.85. The van der Waals surface area contributed by atoms with Crippen LogP contribution in [0.15, 0.2) is 30.3 Å². The topological polar surface area (TPSA) is 103 Å². The third-order valence-electron chi connectivity index (χ3n) is 2.36. The van der Waals surface area contributed by atoms with Crippen molar-refractivity contribution in [2.75, 3.05) is 0 Å². The van der Waals surface area contributed by atoms with Gasteiger partial charge in [-0.05, 0) is 18.2 Å². The van der Waals surface area contributed by atoms with Crippen LogP contribution in [0.3, 0.4) is 0 Å². The number of carbonyl (C=O) groups is 1. The molecule has 0 aliphatic carbocycles. The standard InChI is InChI=1S/C12H6F2N2O5/c13-6-1-4-10(7(14)5-6)21-11-9(16(19)20)3-2-8(15-11)12(17)18/h1-5H,(H,17,18). The Balaban J connectivity index is 2.48. The highest BCUT2D eigenvalue weighted by Crippen LogP contribution is 2.31. The number of pyridine rings is 1. The number of nitrogens with zero attached hydrogens (tertiary/aromatic N) is 2. The van der Waals surface area contributed by atoms with Gasteiger partial charge in [-0.25, -0.2) is 13.6 Å². The average molecular weight is 296 g/mol. The largest absolute Gasteiger partial charge is 0.477 e. The number of ether oxygens (including phenoxy) is 1.